The molecule has 0 aliphatic carbocycles. The molecule has 0 spiro atoms. The van der Waals surface area contributed by atoms with Gasteiger partial charge in [0.15, 0.2) is 0 Å². The number of hydrogen-bond acceptors (Lipinski definition) is 6. The average Bonchev–Trinajstić information content (AvgIpc) is 2.37. The van der Waals surface area contributed by atoms with Crippen LogP contribution in [0, 0.1) is 6.92 Å². The van der Waals surface area contributed by atoms with Gasteiger partial charge in [0, 0.05) is 31.4 Å². The van der Waals surface area contributed by atoms with E-state index in [1.807, 2.05) is 6.92 Å². The number of nitrogens with zero attached hydrogens (tertiary/aromatic N) is 3. The number of piperazine rings is 1. The molecule has 0 amide bonds. The maximum atomic E-state index is 11.7. The van der Waals surface area contributed by atoms with Crippen LogP contribution in [0.3, 0.4) is 0 Å². The zero-order valence-corrected chi connectivity index (χ0v) is 12.6. The lowest BCUT2D eigenvalue weighted by atomic mass is 10.0. The van der Waals surface area contributed by atoms with E-state index in [0.717, 1.165) is 19.6 Å². The minimum Gasteiger partial charge on any atom is -0.462 e. The highest BCUT2D eigenvalue weighted by atomic mass is 16.5. The van der Waals surface area contributed by atoms with E-state index in [0.29, 0.717) is 23.8 Å². The first-order valence-electron chi connectivity index (χ1n) is 6.93. The molecule has 0 bridgehead atoms. The molecule has 1 aliphatic heterocycles. The molecule has 2 heterocycles. The van der Waals surface area contributed by atoms with Gasteiger partial charge in [-0.15, -0.1) is 0 Å². The van der Waals surface area contributed by atoms with Crippen LogP contribution in [0.15, 0.2) is 6.20 Å². The van der Waals surface area contributed by atoms with Crippen LogP contribution in [0.1, 0.15) is 36.8 Å². The van der Waals surface area contributed by atoms with E-state index in [4.69, 9.17) is 4.74 Å². The van der Waals surface area contributed by atoms with Gasteiger partial charge in [-0.05, 0) is 27.7 Å². The summed E-state index contributed by atoms with van der Waals surface area (Å²) < 4.78 is 4.98. The molecule has 0 radical (unpaired) electrons. The Morgan fingerprint density at radius 2 is 2.30 bits per heavy atom. The minimum absolute atomic E-state index is 0.0370. The van der Waals surface area contributed by atoms with Crippen LogP contribution in [0.5, 0.6) is 0 Å². The van der Waals surface area contributed by atoms with E-state index in [1.165, 1.54) is 0 Å². The molecule has 0 saturated carbocycles. The SMILES string of the molecule is CCOC(=O)c1cnc(N2CCNC(C)(C)C2)nc1C. The number of aryl methyl sites for hydroxylation is 1. The van der Waals surface area contributed by atoms with Crippen LogP contribution in [0.4, 0.5) is 5.95 Å². The van der Waals surface area contributed by atoms with Gasteiger partial charge in [-0.2, -0.15) is 0 Å². The van der Waals surface area contributed by atoms with E-state index < -0.39 is 0 Å². The third-order valence-corrected chi connectivity index (χ3v) is 3.32. The Hall–Kier alpha value is -1.69. The van der Waals surface area contributed by atoms with Crippen molar-refractivity contribution in [3.63, 3.8) is 0 Å². The highest BCUT2D eigenvalue weighted by molar-refractivity contribution is 5.90. The largest absolute Gasteiger partial charge is 0.462 e. The van der Waals surface area contributed by atoms with Crippen LogP contribution in [0.2, 0.25) is 0 Å². The summed E-state index contributed by atoms with van der Waals surface area (Å²) in [4.78, 5) is 22.6. The molecule has 6 heteroatoms. The minimum atomic E-state index is -0.364. The molecule has 1 fully saturated rings. The van der Waals surface area contributed by atoms with Gasteiger partial charge in [-0.25, -0.2) is 14.8 Å². The molecule has 0 unspecified atom stereocenters. The molecule has 1 aromatic rings. The van der Waals surface area contributed by atoms with Crippen molar-refractivity contribution in [3.05, 3.63) is 17.5 Å². The summed E-state index contributed by atoms with van der Waals surface area (Å²) in [6, 6.07) is 0. The summed E-state index contributed by atoms with van der Waals surface area (Å²) in [6.45, 7) is 10.8. The van der Waals surface area contributed by atoms with Gasteiger partial charge in [0.05, 0.1) is 17.9 Å². The van der Waals surface area contributed by atoms with Crippen molar-refractivity contribution < 1.29 is 9.53 Å². The Kier molecular flexibility index (Phi) is 4.23. The summed E-state index contributed by atoms with van der Waals surface area (Å²) in [7, 11) is 0. The van der Waals surface area contributed by atoms with Crippen molar-refractivity contribution in [2.75, 3.05) is 31.1 Å². The zero-order chi connectivity index (χ0) is 14.8. The molecule has 1 aromatic heterocycles. The normalized spacial score (nSPS) is 17.9. The predicted octanol–water partition coefficient (Wildman–Crippen LogP) is 1.15. The second-order valence-corrected chi connectivity index (χ2v) is 5.62. The highest BCUT2D eigenvalue weighted by Gasteiger charge is 2.27. The van der Waals surface area contributed by atoms with Gasteiger partial charge in [0.1, 0.15) is 0 Å². The number of ether oxygens (including phenoxy) is 1. The molecule has 1 saturated heterocycles. The third-order valence-electron chi connectivity index (χ3n) is 3.32. The molecule has 110 valence electrons. The van der Waals surface area contributed by atoms with Gasteiger partial charge in [-0.3, -0.25) is 0 Å². The Morgan fingerprint density at radius 3 is 2.90 bits per heavy atom. The van der Waals surface area contributed by atoms with E-state index in [1.54, 1.807) is 13.1 Å². The maximum absolute atomic E-state index is 11.7. The molecule has 2 rings (SSSR count). The van der Waals surface area contributed by atoms with Gasteiger partial charge in [0.25, 0.3) is 0 Å². The molecule has 20 heavy (non-hydrogen) atoms. The van der Waals surface area contributed by atoms with Crippen molar-refractivity contribution in [3.8, 4) is 0 Å². The topological polar surface area (TPSA) is 67.3 Å². The summed E-state index contributed by atoms with van der Waals surface area (Å²) in [5.74, 6) is 0.308. The Morgan fingerprint density at radius 1 is 1.55 bits per heavy atom. The van der Waals surface area contributed by atoms with Crippen LogP contribution in [0.25, 0.3) is 0 Å². The first-order chi connectivity index (χ1) is 9.43. The first kappa shape index (κ1) is 14.7. The van der Waals surface area contributed by atoms with Crippen LogP contribution in [-0.4, -0.2) is 47.7 Å². The molecular weight excluding hydrogens is 256 g/mol. The molecule has 0 atom stereocenters. The quantitative estimate of drug-likeness (QED) is 0.837. The summed E-state index contributed by atoms with van der Waals surface area (Å²) in [5, 5.41) is 3.45. The van der Waals surface area contributed by atoms with E-state index in [2.05, 4.69) is 34.0 Å². The summed E-state index contributed by atoms with van der Waals surface area (Å²) in [6.07, 6.45) is 1.56. The zero-order valence-electron chi connectivity index (χ0n) is 12.6. The fraction of sp³-hybridized carbons (Fsp3) is 0.643. The number of rotatable bonds is 3. The van der Waals surface area contributed by atoms with E-state index in [9.17, 15) is 4.79 Å². The van der Waals surface area contributed by atoms with Crippen molar-refractivity contribution in [2.45, 2.75) is 33.2 Å². The summed E-state index contributed by atoms with van der Waals surface area (Å²) in [5.41, 5.74) is 1.13. The Labute approximate surface area is 119 Å². The summed E-state index contributed by atoms with van der Waals surface area (Å²) >= 11 is 0. The number of aromatic nitrogens is 2. The maximum Gasteiger partial charge on any atom is 0.341 e. The highest BCUT2D eigenvalue weighted by Crippen LogP contribution is 2.17. The fourth-order valence-corrected chi connectivity index (χ4v) is 2.33. The van der Waals surface area contributed by atoms with E-state index in [-0.39, 0.29) is 11.5 Å². The molecule has 1 aliphatic rings. The number of nitrogens with one attached hydrogen (secondary N) is 1. The van der Waals surface area contributed by atoms with Crippen LogP contribution >= 0.6 is 0 Å². The first-order valence-corrected chi connectivity index (χ1v) is 6.93. The van der Waals surface area contributed by atoms with Crippen LogP contribution < -0.4 is 10.2 Å². The third kappa shape index (κ3) is 3.25. The van der Waals surface area contributed by atoms with Crippen molar-refractivity contribution in [2.24, 2.45) is 0 Å². The molecule has 0 aromatic carbocycles. The van der Waals surface area contributed by atoms with Crippen LogP contribution in [-0.2, 0) is 4.74 Å². The number of esters is 1. The standard InChI is InChI=1S/C14H22N4O2/c1-5-20-12(19)11-8-15-13(17-10(11)2)18-7-6-16-14(3,4)9-18/h8,16H,5-7,9H2,1-4H3. The second-order valence-electron chi connectivity index (χ2n) is 5.62. The van der Waals surface area contributed by atoms with Gasteiger partial charge in [0.2, 0.25) is 5.95 Å². The van der Waals surface area contributed by atoms with Crippen molar-refractivity contribution in [1.82, 2.24) is 15.3 Å². The van der Waals surface area contributed by atoms with Crippen molar-refractivity contribution >= 4 is 11.9 Å². The molecule has 6 nitrogen and oxygen atoms in total. The van der Waals surface area contributed by atoms with Gasteiger partial charge < -0.3 is 15.0 Å². The van der Waals surface area contributed by atoms with Gasteiger partial charge in [-0.1, -0.05) is 0 Å². The monoisotopic (exact) mass is 278 g/mol. The number of anilines is 1. The molecule has 1 N–H and O–H groups in total. The number of carbonyl (C=O) groups excluding carboxylic acids is 1. The lowest BCUT2D eigenvalue weighted by Gasteiger charge is -2.39. The fourth-order valence-electron chi connectivity index (χ4n) is 2.33. The van der Waals surface area contributed by atoms with Gasteiger partial charge >= 0.3 is 5.97 Å². The molecular formula is C14H22N4O2. The smallest absolute Gasteiger partial charge is 0.341 e. The predicted molar refractivity (Wildman–Crippen MR) is 77.0 cm³/mol. The number of hydrogen-bond donors (Lipinski definition) is 1. The second kappa shape index (κ2) is 5.75. The Bertz CT molecular complexity index is 502. The average molecular weight is 278 g/mol. The Balaban J connectivity index is 2.18. The van der Waals surface area contributed by atoms with Crippen molar-refractivity contribution in [1.29, 1.82) is 0 Å². The number of carbonyl (C=O) groups is 1. The lowest BCUT2D eigenvalue weighted by molar-refractivity contribution is 0.0524. The lowest BCUT2D eigenvalue weighted by Crippen LogP contribution is -2.57. The van der Waals surface area contributed by atoms with E-state index >= 15 is 0 Å².